The Morgan fingerprint density at radius 1 is 1.29 bits per heavy atom. The molecule has 1 aromatic heterocycles. The van der Waals surface area contributed by atoms with E-state index in [2.05, 4.69) is 34.4 Å². The summed E-state index contributed by atoms with van der Waals surface area (Å²) in [6.45, 7) is 5.33. The Bertz CT molecular complexity index is 626. The number of hydrogen-bond donors (Lipinski definition) is 3. The Morgan fingerprint density at radius 3 is 2.81 bits per heavy atom. The summed E-state index contributed by atoms with van der Waals surface area (Å²) in [6.07, 6.45) is 0.394. The number of anilines is 2. The van der Waals surface area contributed by atoms with Crippen LogP contribution in [0.15, 0.2) is 24.3 Å². The van der Waals surface area contributed by atoms with E-state index in [4.69, 9.17) is 5.73 Å². The molecule has 21 heavy (non-hydrogen) atoms. The summed E-state index contributed by atoms with van der Waals surface area (Å²) in [6, 6.07) is 7.63. The smallest absolute Gasteiger partial charge is 0.222 e. The van der Waals surface area contributed by atoms with Crippen molar-refractivity contribution in [3.63, 3.8) is 0 Å². The first kappa shape index (κ1) is 15.0. The molecule has 6 heteroatoms. The summed E-state index contributed by atoms with van der Waals surface area (Å²) >= 11 is 0. The highest BCUT2D eigenvalue weighted by Gasteiger charge is 2.06. The van der Waals surface area contributed by atoms with Crippen molar-refractivity contribution in [1.29, 1.82) is 0 Å². The van der Waals surface area contributed by atoms with Gasteiger partial charge in [0.1, 0.15) is 5.82 Å². The lowest BCUT2D eigenvalue weighted by Gasteiger charge is -2.10. The van der Waals surface area contributed by atoms with Crippen LogP contribution in [0.1, 0.15) is 20.3 Å². The molecule has 112 valence electrons. The van der Waals surface area contributed by atoms with Gasteiger partial charge in [-0.25, -0.2) is 4.98 Å². The molecule has 2 aromatic rings. The molecule has 4 N–H and O–H groups in total. The van der Waals surface area contributed by atoms with E-state index in [-0.39, 0.29) is 11.9 Å². The molecule has 0 spiro atoms. The number of benzene rings is 1. The fourth-order valence-corrected chi connectivity index (χ4v) is 1.93. The van der Waals surface area contributed by atoms with E-state index in [0.29, 0.717) is 31.2 Å². The number of aromatic nitrogens is 2. The van der Waals surface area contributed by atoms with Gasteiger partial charge in [0.15, 0.2) is 0 Å². The molecule has 0 saturated carbocycles. The van der Waals surface area contributed by atoms with Crippen molar-refractivity contribution < 1.29 is 4.79 Å². The number of nitrogens with one attached hydrogen (secondary N) is 2. The summed E-state index contributed by atoms with van der Waals surface area (Å²) in [4.78, 5) is 20.0. The zero-order chi connectivity index (χ0) is 15.2. The van der Waals surface area contributed by atoms with Gasteiger partial charge in [-0.1, -0.05) is 26.0 Å². The third kappa shape index (κ3) is 4.30. The number of nitrogen functional groups attached to an aromatic ring is 1. The van der Waals surface area contributed by atoms with E-state index in [0.717, 1.165) is 10.9 Å². The summed E-state index contributed by atoms with van der Waals surface area (Å²) in [5.74, 6) is 1.37. The second-order valence-electron chi connectivity index (χ2n) is 5.32. The molecule has 0 saturated heterocycles. The van der Waals surface area contributed by atoms with Crippen LogP contribution in [0, 0.1) is 5.92 Å². The minimum absolute atomic E-state index is 0.0301. The van der Waals surface area contributed by atoms with Gasteiger partial charge in [-0.05, 0) is 18.1 Å². The third-order valence-corrected chi connectivity index (χ3v) is 2.97. The summed E-state index contributed by atoms with van der Waals surface area (Å²) in [5, 5.41) is 6.93. The van der Waals surface area contributed by atoms with Crippen molar-refractivity contribution in [3.05, 3.63) is 24.3 Å². The van der Waals surface area contributed by atoms with Gasteiger partial charge in [-0.15, -0.1) is 0 Å². The summed E-state index contributed by atoms with van der Waals surface area (Å²) in [7, 11) is 0. The molecule has 0 atom stereocenters. The summed E-state index contributed by atoms with van der Waals surface area (Å²) < 4.78 is 0. The molecule has 1 heterocycles. The van der Waals surface area contributed by atoms with Gasteiger partial charge in [0, 0.05) is 24.9 Å². The maximum atomic E-state index is 11.7. The van der Waals surface area contributed by atoms with Crippen LogP contribution in [0.2, 0.25) is 0 Å². The van der Waals surface area contributed by atoms with Crippen molar-refractivity contribution in [2.24, 2.45) is 5.92 Å². The fraction of sp³-hybridized carbons (Fsp3) is 0.400. The molecular weight excluding hydrogens is 266 g/mol. The molecule has 1 amide bonds. The van der Waals surface area contributed by atoms with E-state index < -0.39 is 0 Å². The predicted molar refractivity (Wildman–Crippen MR) is 84.9 cm³/mol. The monoisotopic (exact) mass is 287 g/mol. The molecule has 6 nitrogen and oxygen atoms in total. The van der Waals surface area contributed by atoms with Crippen molar-refractivity contribution in [3.8, 4) is 0 Å². The molecular formula is C15H21N5O. The van der Waals surface area contributed by atoms with E-state index in [1.807, 2.05) is 24.3 Å². The minimum Gasteiger partial charge on any atom is -0.369 e. The Labute approximate surface area is 124 Å². The highest BCUT2D eigenvalue weighted by Crippen LogP contribution is 2.20. The maximum absolute atomic E-state index is 11.7. The molecule has 0 aliphatic carbocycles. The standard InChI is InChI=1S/C15H21N5O/c1-10(2)9-18-13(21)7-8-17-14-11-5-3-4-6-12(11)19-15(16)20-14/h3-6,10H,7-9H2,1-2H3,(H,18,21)(H3,16,17,19,20). The number of hydrogen-bond acceptors (Lipinski definition) is 5. The first-order chi connectivity index (χ1) is 10.1. The van der Waals surface area contributed by atoms with Gasteiger partial charge in [0.05, 0.1) is 5.52 Å². The zero-order valence-electron chi connectivity index (χ0n) is 12.4. The van der Waals surface area contributed by atoms with Gasteiger partial charge >= 0.3 is 0 Å². The van der Waals surface area contributed by atoms with Crippen LogP contribution in [-0.2, 0) is 4.79 Å². The average Bonchev–Trinajstić information content (AvgIpc) is 2.45. The van der Waals surface area contributed by atoms with E-state index in [9.17, 15) is 4.79 Å². The Morgan fingerprint density at radius 2 is 2.05 bits per heavy atom. The lowest BCUT2D eigenvalue weighted by molar-refractivity contribution is -0.120. The van der Waals surface area contributed by atoms with E-state index in [1.54, 1.807) is 0 Å². The van der Waals surface area contributed by atoms with Crippen molar-refractivity contribution in [2.45, 2.75) is 20.3 Å². The largest absolute Gasteiger partial charge is 0.369 e. The molecule has 0 radical (unpaired) electrons. The Kier molecular flexibility index (Phi) is 4.92. The second-order valence-corrected chi connectivity index (χ2v) is 5.32. The lowest BCUT2D eigenvalue weighted by atomic mass is 10.2. The summed E-state index contributed by atoms with van der Waals surface area (Å²) in [5.41, 5.74) is 6.48. The van der Waals surface area contributed by atoms with Crippen LogP contribution in [0.25, 0.3) is 10.9 Å². The maximum Gasteiger partial charge on any atom is 0.222 e. The second kappa shape index (κ2) is 6.88. The molecule has 1 aromatic carbocycles. The number of rotatable bonds is 6. The number of carbonyl (C=O) groups excluding carboxylic acids is 1. The van der Waals surface area contributed by atoms with Gasteiger partial charge in [0.2, 0.25) is 11.9 Å². The van der Waals surface area contributed by atoms with Crippen LogP contribution >= 0.6 is 0 Å². The van der Waals surface area contributed by atoms with Crippen molar-refractivity contribution in [1.82, 2.24) is 15.3 Å². The van der Waals surface area contributed by atoms with Crippen LogP contribution in [0.5, 0.6) is 0 Å². The molecule has 0 aliphatic heterocycles. The number of nitrogens with two attached hydrogens (primary N) is 1. The van der Waals surface area contributed by atoms with Gasteiger partial charge < -0.3 is 16.4 Å². The van der Waals surface area contributed by atoms with E-state index in [1.165, 1.54) is 0 Å². The quantitative estimate of drug-likeness (QED) is 0.753. The highest BCUT2D eigenvalue weighted by molar-refractivity contribution is 5.90. The number of fused-ring (bicyclic) bond motifs is 1. The fourth-order valence-electron chi connectivity index (χ4n) is 1.93. The number of carbonyl (C=O) groups is 1. The van der Waals surface area contributed by atoms with Gasteiger partial charge in [0.25, 0.3) is 0 Å². The van der Waals surface area contributed by atoms with E-state index >= 15 is 0 Å². The first-order valence-electron chi connectivity index (χ1n) is 7.09. The average molecular weight is 287 g/mol. The minimum atomic E-state index is 0.0301. The number of nitrogens with zero attached hydrogens (tertiary/aromatic N) is 2. The van der Waals surface area contributed by atoms with Crippen LogP contribution in [0.4, 0.5) is 11.8 Å². The van der Waals surface area contributed by atoms with Crippen molar-refractivity contribution >= 4 is 28.6 Å². The van der Waals surface area contributed by atoms with Crippen molar-refractivity contribution in [2.75, 3.05) is 24.1 Å². The third-order valence-electron chi connectivity index (χ3n) is 2.97. The number of amides is 1. The van der Waals surface area contributed by atoms with Crippen LogP contribution in [-0.4, -0.2) is 29.0 Å². The Hall–Kier alpha value is -2.37. The predicted octanol–water partition coefficient (Wildman–Crippen LogP) is 1.79. The SMILES string of the molecule is CC(C)CNC(=O)CCNc1nc(N)nc2ccccc12. The normalized spacial score (nSPS) is 10.8. The van der Waals surface area contributed by atoms with Gasteiger partial charge in [-0.2, -0.15) is 4.98 Å². The zero-order valence-corrected chi connectivity index (χ0v) is 12.4. The molecule has 0 bridgehead atoms. The molecule has 2 rings (SSSR count). The van der Waals surface area contributed by atoms with Gasteiger partial charge in [-0.3, -0.25) is 4.79 Å². The topological polar surface area (TPSA) is 92.9 Å². The number of para-hydroxylation sites is 1. The first-order valence-corrected chi connectivity index (χ1v) is 7.09. The van der Waals surface area contributed by atoms with Crippen LogP contribution < -0.4 is 16.4 Å². The van der Waals surface area contributed by atoms with Crippen LogP contribution in [0.3, 0.4) is 0 Å². The Balaban J connectivity index is 1.96. The molecule has 0 aliphatic rings. The lowest BCUT2D eigenvalue weighted by Crippen LogP contribution is -2.28. The molecule has 0 unspecified atom stereocenters. The highest BCUT2D eigenvalue weighted by atomic mass is 16.1. The molecule has 0 fully saturated rings.